The third-order valence-electron chi connectivity index (χ3n) is 3.94. The number of fused-ring (bicyclic) bond motifs is 1. The van der Waals surface area contributed by atoms with Gasteiger partial charge in [-0.3, -0.25) is 9.59 Å². The molecule has 2 rings (SSSR count). The number of carbonyl (C=O) groups excluding carboxylic acids is 1. The summed E-state index contributed by atoms with van der Waals surface area (Å²) in [5, 5.41) is 8.59. The molecule has 0 radical (unpaired) electrons. The van der Waals surface area contributed by atoms with Crippen LogP contribution in [0.1, 0.15) is 48.5 Å². The van der Waals surface area contributed by atoms with Gasteiger partial charge in [-0.1, -0.05) is 36.4 Å². The average Bonchev–Trinajstić information content (AvgIpc) is 2.43. The first-order valence-corrected chi connectivity index (χ1v) is 7.05. The van der Waals surface area contributed by atoms with Crippen LogP contribution in [0.25, 0.3) is 0 Å². The number of rotatable bonds is 5. The second-order valence-corrected chi connectivity index (χ2v) is 5.59. The maximum atomic E-state index is 12.6. The van der Waals surface area contributed by atoms with Crippen LogP contribution in [0.5, 0.6) is 0 Å². The molecule has 0 saturated carbocycles. The molecule has 0 bridgehead atoms. The van der Waals surface area contributed by atoms with E-state index < -0.39 is 11.4 Å². The highest BCUT2D eigenvalue weighted by molar-refractivity contribution is 6.03. The number of unbranched alkanes of at least 4 members (excludes halogenated alkanes) is 1. The molecule has 1 aliphatic rings. The number of Topliss-reactive ketones (excluding diaryl/α,β-unsaturated/α-hetero) is 1. The second-order valence-electron chi connectivity index (χ2n) is 5.59. The number of aliphatic carboxylic acids is 1. The first-order valence-electron chi connectivity index (χ1n) is 7.05. The van der Waals surface area contributed by atoms with E-state index >= 15 is 0 Å². The van der Waals surface area contributed by atoms with Gasteiger partial charge in [-0.15, -0.1) is 0 Å². The summed E-state index contributed by atoms with van der Waals surface area (Å²) in [5.74, 6) is -0.596. The van der Waals surface area contributed by atoms with Gasteiger partial charge < -0.3 is 5.11 Å². The topological polar surface area (TPSA) is 54.4 Å². The second kappa shape index (κ2) is 6.04. The molecule has 1 unspecified atom stereocenters. The highest BCUT2D eigenvalue weighted by atomic mass is 16.4. The molecule has 0 heterocycles. The minimum Gasteiger partial charge on any atom is -0.481 e. The molecule has 3 nitrogen and oxygen atoms in total. The van der Waals surface area contributed by atoms with Crippen LogP contribution >= 0.6 is 0 Å². The van der Waals surface area contributed by atoms with Crippen LogP contribution in [0, 0.1) is 5.41 Å². The van der Waals surface area contributed by atoms with Crippen molar-refractivity contribution in [3.05, 3.63) is 47.5 Å². The molecule has 0 fully saturated rings. The van der Waals surface area contributed by atoms with Crippen molar-refractivity contribution < 1.29 is 14.7 Å². The lowest BCUT2D eigenvalue weighted by molar-refractivity contribution is -0.137. The molecule has 0 saturated heterocycles. The smallest absolute Gasteiger partial charge is 0.303 e. The zero-order valence-corrected chi connectivity index (χ0v) is 11.8. The average molecular weight is 272 g/mol. The molecule has 1 N–H and O–H groups in total. The van der Waals surface area contributed by atoms with E-state index in [9.17, 15) is 9.59 Å². The third-order valence-corrected chi connectivity index (χ3v) is 3.94. The van der Waals surface area contributed by atoms with Crippen molar-refractivity contribution in [2.24, 2.45) is 5.41 Å². The number of benzene rings is 1. The highest BCUT2D eigenvalue weighted by Gasteiger charge is 2.35. The summed E-state index contributed by atoms with van der Waals surface area (Å²) < 4.78 is 0. The lowest BCUT2D eigenvalue weighted by Crippen LogP contribution is -2.31. The third kappa shape index (κ3) is 3.16. The molecule has 1 aliphatic carbocycles. The van der Waals surface area contributed by atoms with Crippen LogP contribution in [-0.2, 0) is 11.2 Å². The molecular formula is C17H20O3. The number of carbonyl (C=O) groups is 2. The Labute approximate surface area is 119 Å². The fourth-order valence-corrected chi connectivity index (χ4v) is 2.65. The fourth-order valence-electron chi connectivity index (χ4n) is 2.65. The fraction of sp³-hybridized carbons (Fsp3) is 0.412. The van der Waals surface area contributed by atoms with Gasteiger partial charge in [-0.25, -0.2) is 0 Å². The zero-order valence-electron chi connectivity index (χ0n) is 11.8. The standard InChI is InChI=1S/C17H20O3/c1-17(11-6-2-3-9-15(18)19)12-10-13-7-4-5-8-14(13)16(17)20/h4-8,11H,2-3,9-10,12H2,1H3,(H,18,19). The van der Waals surface area contributed by atoms with E-state index in [2.05, 4.69) is 0 Å². The molecule has 0 amide bonds. The monoisotopic (exact) mass is 272 g/mol. The molecule has 20 heavy (non-hydrogen) atoms. The van der Waals surface area contributed by atoms with E-state index in [1.165, 1.54) is 0 Å². The molecule has 0 aromatic heterocycles. The molecule has 106 valence electrons. The minimum atomic E-state index is -0.771. The van der Waals surface area contributed by atoms with Gasteiger partial charge in [0, 0.05) is 17.4 Å². The van der Waals surface area contributed by atoms with Crippen LogP contribution in [0.15, 0.2) is 36.4 Å². The normalized spacial score (nSPS) is 21.9. The van der Waals surface area contributed by atoms with Gasteiger partial charge in [0.2, 0.25) is 0 Å². The summed E-state index contributed by atoms with van der Waals surface area (Å²) in [7, 11) is 0. The van der Waals surface area contributed by atoms with Gasteiger partial charge in [0.1, 0.15) is 0 Å². The van der Waals surface area contributed by atoms with Crippen molar-refractivity contribution in [3.63, 3.8) is 0 Å². The number of allylic oxidation sites excluding steroid dienone is 2. The van der Waals surface area contributed by atoms with Crippen molar-refractivity contribution in [1.82, 2.24) is 0 Å². The van der Waals surface area contributed by atoms with E-state index in [0.717, 1.165) is 24.0 Å². The number of hydrogen-bond acceptors (Lipinski definition) is 2. The SMILES string of the molecule is CC1(C=CCCCC(=O)O)CCc2ccccc2C1=O. The van der Waals surface area contributed by atoms with Gasteiger partial charge in [-0.2, -0.15) is 0 Å². The van der Waals surface area contributed by atoms with E-state index in [1.54, 1.807) is 0 Å². The number of aryl methyl sites for hydroxylation is 1. The van der Waals surface area contributed by atoms with E-state index in [4.69, 9.17) is 5.11 Å². The maximum absolute atomic E-state index is 12.6. The highest BCUT2D eigenvalue weighted by Crippen LogP contribution is 2.36. The predicted octanol–water partition coefficient (Wildman–Crippen LogP) is 3.63. The molecule has 0 aliphatic heterocycles. The predicted molar refractivity (Wildman–Crippen MR) is 77.8 cm³/mol. The number of hydrogen-bond donors (Lipinski definition) is 1. The molecule has 3 heteroatoms. The Kier molecular flexibility index (Phi) is 4.38. The summed E-state index contributed by atoms with van der Waals surface area (Å²) in [4.78, 5) is 23.0. The molecular weight excluding hydrogens is 252 g/mol. The van der Waals surface area contributed by atoms with Crippen LogP contribution in [0.2, 0.25) is 0 Å². The van der Waals surface area contributed by atoms with Gasteiger partial charge >= 0.3 is 5.97 Å². The van der Waals surface area contributed by atoms with E-state index in [1.807, 2.05) is 43.3 Å². The van der Waals surface area contributed by atoms with Crippen LogP contribution < -0.4 is 0 Å². The van der Waals surface area contributed by atoms with Crippen LogP contribution in [-0.4, -0.2) is 16.9 Å². The van der Waals surface area contributed by atoms with Crippen molar-refractivity contribution in [3.8, 4) is 0 Å². The van der Waals surface area contributed by atoms with E-state index in [0.29, 0.717) is 12.8 Å². The Balaban J connectivity index is 2.03. The summed E-state index contributed by atoms with van der Waals surface area (Å²) in [6.07, 6.45) is 7.15. The molecule has 0 spiro atoms. The summed E-state index contributed by atoms with van der Waals surface area (Å²) in [6.45, 7) is 1.97. The van der Waals surface area contributed by atoms with Crippen molar-refractivity contribution >= 4 is 11.8 Å². The van der Waals surface area contributed by atoms with Crippen molar-refractivity contribution in [1.29, 1.82) is 0 Å². The number of carboxylic acid groups (broad SMARTS) is 1. The lowest BCUT2D eigenvalue weighted by atomic mass is 9.71. The van der Waals surface area contributed by atoms with Gasteiger partial charge in [0.05, 0.1) is 0 Å². The Morgan fingerprint density at radius 2 is 2.15 bits per heavy atom. The first-order chi connectivity index (χ1) is 9.53. The molecule has 1 atom stereocenters. The summed E-state index contributed by atoms with van der Waals surface area (Å²) in [6, 6.07) is 7.78. The Bertz CT molecular complexity index is 545. The van der Waals surface area contributed by atoms with Crippen LogP contribution in [0.4, 0.5) is 0 Å². The van der Waals surface area contributed by atoms with Gasteiger partial charge in [0.15, 0.2) is 5.78 Å². The van der Waals surface area contributed by atoms with Crippen LogP contribution in [0.3, 0.4) is 0 Å². The minimum absolute atomic E-state index is 0.175. The van der Waals surface area contributed by atoms with Gasteiger partial charge in [0.25, 0.3) is 0 Å². The number of carboxylic acids is 1. The summed E-state index contributed by atoms with van der Waals surface area (Å²) >= 11 is 0. The van der Waals surface area contributed by atoms with Crippen molar-refractivity contribution in [2.75, 3.05) is 0 Å². The molecule has 1 aromatic carbocycles. The Hall–Kier alpha value is -1.90. The Morgan fingerprint density at radius 1 is 1.40 bits per heavy atom. The molecule has 1 aromatic rings. The number of ketones is 1. The summed E-state index contributed by atoms with van der Waals surface area (Å²) in [5.41, 5.74) is 1.52. The lowest BCUT2D eigenvalue weighted by Gasteiger charge is -2.30. The Morgan fingerprint density at radius 3 is 2.90 bits per heavy atom. The van der Waals surface area contributed by atoms with Crippen molar-refractivity contribution in [2.45, 2.75) is 39.0 Å². The zero-order chi connectivity index (χ0) is 14.6. The largest absolute Gasteiger partial charge is 0.481 e. The van der Waals surface area contributed by atoms with E-state index in [-0.39, 0.29) is 12.2 Å². The quantitative estimate of drug-likeness (QED) is 0.657. The van der Waals surface area contributed by atoms with Gasteiger partial charge in [-0.05, 0) is 38.2 Å². The maximum Gasteiger partial charge on any atom is 0.303 e. The first kappa shape index (κ1) is 14.5.